The van der Waals surface area contributed by atoms with Crippen molar-refractivity contribution in [3.63, 3.8) is 0 Å². The van der Waals surface area contributed by atoms with Crippen LogP contribution in [0, 0.1) is 6.07 Å². The Morgan fingerprint density at radius 2 is 1.59 bits per heavy atom. The summed E-state index contributed by atoms with van der Waals surface area (Å²) in [5, 5.41) is 0. The maximum atomic E-state index is 12.7. The molecule has 0 aliphatic carbocycles. The summed E-state index contributed by atoms with van der Waals surface area (Å²) in [7, 11) is 0. The van der Waals surface area contributed by atoms with Gasteiger partial charge >= 0.3 is 6.18 Å². The lowest BCUT2D eigenvalue weighted by atomic mass is 9.84. The monoisotopic (exact) mass is 305 g/mol. The number of alkyl halides is 3. The fraction of sp³-hybridized carbons (Fsp3) is 0.368. The molecule has 1 radical (unpaired) electrons. The lowest BCUT2D eigenvalue weighted by molar-refractivity contribution is -0.137. The predicted molar refractivity (Wildman–Crippen MR) is 83.9 cm³/mol. The summed E-state index contributed by atoms with van der Waals surface area (Å²) in [5.41, 5.74) is 3.44. The quantitative estimate of drug-likeness (QED) is 0.614. The first-order valence-corrected chi connectivity index (χ1v) is 7.44. The predicted octanol–water partition coefficient (Wildman–Crippen LogP) is 6.42. The van der Waals surface area contributed by atoms with Crippen LogP contribution in [0.3, 0.4) is 0 Å². The maximum Gasteiger partial charge on any atom is 0.416 e. The fourth-order valence-corrected chi connectivity index (χ4v) is 2.73. The highest BCUT2D eigenvalue weighted by Gasteiger charge is 2.30. The highest BCUT2D eigenvalue weighted by molar-refractivity contribution is 5.69. The molecule has 2 aromatic carbocycles. The van der Waals surface area contributed by atoms with Crippen molar-refractivity contribution in [2.45, 2.75) is 45.7 Å². The number of hydrogen-bond donors (Lipinski definition) is 0. The van der Waals surface area contributed by atoms with Gasteiger partial charge in [-0.05, 0) is 52.3 Å². The molecule has 2 rings (SSSR count). The topological polar surface area (TPSA) is 0 Å². The van der Waals surface area contributed by atoms with Crippen LogP contribution in [0.4, 0.5) is 13.2 Å². The van der Waals surface area contributed by atoms with E-state index in [0.717, 1.165) is 17.7 Å². The molecule has 0 N–H and O–H groups in total. The first kappa shape index (κ1) is 16.6. The smallest absolute Gasteiger partial charge is 0.166 e. The van der Waals surface area contributed by atoms with Gasteiger partial charge in [-0.1, -0.05) is 52.0 Å². The Kier molecular flexibility index (Phi) is 4.64. The van der Waals surface area contributed by atoms with E-state index in [2.05, 4.69) is 39.8 Å². The van der Waals surface area contributed by atoms with Gasteiger partial charge in [-0.15, -0.1) is 0 Å². The van der Waals surface area contributed by atoms with Crippen molar-refractivity contribution in [2.24, 2.45) is 0 Å². The van der Waals surface area contributed by atoms with Crippen molar-refractivity contribution in [3.05, 3.63) is 59.2 Å². The lowest BCUT2D eigenvalue weighted by Gasteiger charge is -2.20. The van der Waals surface area contributed by atoms with E-state index in [1.165, 1.54) is 17.2 Å². The zero-order valence-corrected chi connectivity index (χ0v) is 13.3. The van der Waals surface area contributed by atoms with Gasteiger partial charge in [-0.3, -0.25) is 0 Å². The van der Waals surface area contributed by atoms with Gasteiger partial charge in [-0.2, -0.15) is 13.2 Å². The van der Waals surface area contributed by atoms with Gasteiger partial charge in [0.1, 0.15) is 0 Å². The van der Waals surface area contributed by atoms with Crippen LogP contribution in [-0.2, 0) is 6.18 Å². The molecule has 0 unspecified atom stereocenters. The molecular formula is C19H20F3. The Balaban J connectivity index is 2.55. The summed E-state index contributed by atoms with van der Waals surface area (Å²) in [6, 6.07) is 12.5. The third-order valence-corrected chi connectivity index (χ3v) is 3.77. The zero-order valence-electron chi connectivity index (χ0n) is 13.3. The van der Waals surface area contributed by atoms with E-state index in [9.17, 15) is 13.2 Å². The van der Waals surface area contributed by atoms with Gasteiger partial charge in [0.2, 0.25) is 0 Å². The summed E-state index contributed by atoms with van der Waals surface area (Å²) in [6.07, 6.45) is -4.32. The van der Waals surface area contributed by atoms with Crippen LogP contribution in [0.1, 0.15) is 56.2 Å². The first-order valence-electron chi connectivity index (χ1n) is 7.44. The molecule has 0 atom stereocenters. The molecule has 0 aromatic heterocycles. The van der Waals surface area contributed by atoms with Crippen molar-refractivity contribution in [3.8, 4) is 11.1 Å². The Hall–Kier alpha value is -1.77. The van der Waals surface area contributed by atoms with E-state index in [0.29, 0.717) is 17.4 Å². The maximum absolute atomic E-state index is 12.7. The van der Waals surface area contributed by atoms with E-state index >= 15 is 0 Å². The molecular weight excluding hydrogens is 285 g/mol. The molecule has 0 bridgehead atoms. The van der Waals surface area contributed by atoms with Crippen LogP contribution in [0.5, 0.6) is 0 Å². The highest BCUT2D eigenvalue weighted by atomic mass is 19.4. The molecule has 2 aromatic rings. The zero-order chi connectivity index (χ0) is 16.5. The molecule has 22 heavy (non-hydrogen) atoms. The lowest BCUT2D eigenvalue weighted by Crippen LogP contribution is -2.05. The van der Waals surface area contributed by atoms with E-state index in [1.54, 1.807) is 0 Å². The minimum atomic E-state index is -4.32. The molecule has 0 saturated carbocycles. The number of hydrogen-bond acceptors (Lipinski definition) is 0. The molecule has 0 aliphatic rings. The normalized spacial score (nSPS) is 12.2. The Morgan fingerprint density at radius 3 is 2.05 bits per heavy atom. The average molecular weight is 305 g/mol. The SMILES string of the molecule is CC(C)c1cccc(-c2[c]cc(C(F)(F)F)cc2)c1C(C)C. The van der Waals surface area contributed by atoms with E-state index in [4.69, 9.17) is 0 Å². The minimum absolute atomic E-state index is 0.296. The van der Waals surface area contributed by atoms with Crippen molar-refractivity contribution < 1.29 is 13.2 Å². The molecule has 0 spiro atoms. The molecule has 0 nitrogen and oxygen atoms in total. The minimum Gasteiger partial charge on any atom is -0.166 e. The van der Waals surface area contributed by atoms with Gasteiger partial charge in [0.05, 0.1) is 5.56 Å². The Labute approximate surface area is 130 Å². The van der Waals surface area contributed by atoms with Crippen LogP contribution in [0.2, 0.25) is 0 Å². The van der Waals surface area contributed by atoms with Gasteiger partial charge in [0.15, 0.2) is 0 Å². The summed E-state index contributed by atoms with van der Waals surface area (Å²) >= 11 is 0. The van der Waals surface area contributed by atoms with Crippen molar-refractivity contribution >= 4 is 0 Å². The molecule has 0 aliphatic heterocycles. The van der Waals surface area contributed by atoms with E-state index in [-0.39, 0.29) is 0 Å². The van der Waals surface area contributed by atoms with Crippen LogP contribution >= 0.6 is 0 Å². The van der Waals surface area contributed by atoms with Crippen LogP contribution in [0.25, 0.3) is 11.1 Å². The first-order chi connectivity index (χ1) is 10.2. The summed E-state index contributed by atoms with van der Waals surface area (Å²) < 4.78 is 38.0. The van der Waals surface area contributed by atoms with E-state index < -0.39 is 11.7 Å². The van der Waals surface area contributed by atoms with Gasteiger partial charge in [0.25, 0.3) is 0 Å². The summed E-state index contributed by atoms with van der Waals surface area (Å²) in [5.74, 6) is 0.663. The largest absolute Gasteiger partial charge is 0.416 e. The molecule has 3 heteroatoms. The highest BCUT2D eigenvalue weighted by Crippen LogP contribution is 2.36. The Morgan fingerprint density at radius 1 is 0.909 bits per heavy atom. The second-order valence-corrected chi connectivity index (χ2v) is 6.11. The Bertz CT molecular complexity index is 635. The number of rotatable bonds is 3. The third-order valence-electron chi connectivity index (χ3n) is 3.77. The van der Waals surface area contributed by atoms with Crippen molar-refractivity contribution in [2.75, 3.05) is 0 Å². The van der Waals surface area contributed by atoms with Crippen molar-refractivity contribution in [1.82, 2.24) is 0 Å². The molecule has 117 valence electrons. The van der Waals surface area contributed by atoms with Crippen molar-refractivity contribution in [1.29, 1.82) is 0 Å². The second kappa shape index (κ2) is 6.15. The molecule has 0 heterocycles. The molecule has 0 amide bonds. The van der Waals surface area contributed by atoms with Gasteiger partial charge in [-0.25, -0.2) is 0 Å². The summed E-state index contributed by atoms with van der Waals surface area (Å²) in [4.78, 5) is 0. The third kappa shape index (κ3) is 3.34. The van der Waals surface area contributed by atoms with Gasteiger partial charge < -0.3 is 0 Å². The van der Waals surface area contributed by atoms with Crippen LogP contribution in [-0.4, -0.2) is 0 Å². The average Bonchev–Trinajstić information content (AvgIpc) is 2.45. The summed E-state index contributed by atoms with van der Waals surface area (Å²) in [6.45, 7) is 8.46. The van der Waals surface area contributed by atoms with Crippen LogP contribution in [0.15, 0.2) is 36.4 Å². The molecule has 0 fully saturated rings. The van der Waals surface area contributed by atoms with E-state index in [1.807, 2.05) is 12.1 Å². The standard InChI is InChI=1S/C19H20F3/c1-12(2)16-6-5-7-17(18(16)13(3)4)14-8-10-15(11-9-14)19(20,21)22/h5-8,10-13H,1-4H3. The fourth-order valence-electron chi connectivity index (χ4n) is 2.73. The van der Waals surface area contributed by atoms with Crippen LogP contribution < -0.4 is 0 Å². The molecule has 0 saturated heterocycles. The number of halogens is 3. The number of benzene rings is 2. The second-order valence-electron chi connectivity index (χ2n) is 6.11. The van der Waals surface area contributed by atoms with Gasteiger partial charge in [0, 0.05) is 0 Å².